The quantitative estimate of drug-likeness (QED) is 0.464. The number of rotatable bonds is 9. The lowest BCUT2D eigenvalue weighted by molar-refractivity contribution is -0.143. The molecule has 0 heterocycles. The number of amides is 2. The lowest BCUT2D eigenvalue weighted by atomic mass is 10.00. The summed E-state index contributed by atoms with van der Waals surface area (Å²) in [5.41, 5.74) is 3.58. The van der Waals surface area contributed by atoms with E-state index in [-0.39, 0.29) is 18.4 Å². The molecule has 3 rings (SSSR count). The first kappa shape index (κ1) is 26.0. The van der Waals surface area contributed by atoms with Crippen molar-refractivity contribution in [2.75, 3.05) is 6.61 Å². The molecule has 1 N–H and O–H groups in total. The predicted octanol–water partition coefficient (Wildman–Crippen LogP) is 5.24. The topological polar surface area (TPSA) is 58.6 Å². The molecule has 0 saturated carbocycles. The second-order valence-electron chi connectivity index (χ2n) is 9.95. The Morgan fingerprint density at radius 1 is 0.857 bits per heavy atom. The molecule has 5 nitrogen and oxygen atoms in total. The van der Waals surface area contributed by atoms with Crippen molar-refractivity contribution < 1.29 is 14.3 Å². The van der Waals surface area contributed by atoms with E-state index < -0.39 is 11.6 Å². The first-order valence-corrected chi connectivity index (χ1v) is 12.0. The number of nitrogens with zero attached hydrogens (tertiary/aromatic N) is 1. The van der Waals surface area contributed by atoms with Gasteiger partial charge in [-0.15, -0.1) is 0 Å². The van der Waals surface area contributed by atoms with E-state index in [4.69, 9.17) is 4.74 Å². The number of ether oxygens (including phenoxy) is 1. The fourth-order valence-corrected chi connectivity index (χ4v) is 3.92. The van der Waals surface area contributed by atoms with Gasteiger partial charge in [0.1, 0.15) is 11.8 Å². The van der Waals surface area contributed by atoms with Gasteiger partial charge in [0.15, 0.2) is 6.61 Å². The molecule has 0 aliphatic carbocycles. The van der Waals surface area contributed by atoms with Gasteiger partial charge in [-0.05, 0) is 62.9 Å². The maximum atomic E-state index is 13.7. The highest BCUT2D eigenvalue weighted by Crippen LogP contribution is 2.20. The number of para-hydroxylation sites is 1. The van der Waals surface area contributed by atoms with Gasteiger partial charge in [-0.2, -0.15) is 0 Å². The summed E-state index contributed by atoms with van der Waals surface area (Å²) < 4.78 is 5.91. The standard InChI is InChI=1S/C30H36N2O3/c1-22-13-9-11-17-25(22)20-32(28(33)21-35-27-18-12-10-14-23(27)2)26(29(34)31-30(3,4)5)19-24-15-7-6-8-16-24/h6-18,26H,19-21H2,1-5H3,(H,31,34). The summed E-state index contributed by atoms with van der Waals surface area (Å²) in [6.07, 6.45) is 0.407. The minimum Gasteiger partial charge on any atom is -0.484 e. The van der Waals surface area contributed by atoms with E-state index in [2.05, 4.69) is 5.32 Å². The van der Waals surface area contributed by atoms with Crippen LogP contribution in [0.2, 0.25) is 0 Å². The lowest BCUT2D eigenvalue weighted by Gasteiger charge is -2.34. The Morgan fingerprint density at radius 2 is 1.46 bits per heavy atom. The van der Waals surface area contributed by atoms with Crippen LogP contribution in [0.25, 0.3) is 0 Å². The van der Waals surface area contributed by atoms with E-state index in [1.54, 1.807) is 4.90 Å². The molecule has 0 saturated heterocycles. The number of aryl methyl sites for hydroxylation is 2. The zero-order valence-corrected chi connectivity index (χ0v) is 21.4. The summed E-state index contributed by atoms with van der Waals surface area (Å²) in [5, 5.41) is 3.08. The van der Waals surface area contributed by atoms with Crippen LogP contribution >= 0.6 is 0 Å². The highest BCUT2D eigenvalue weighted by molar-refractivity contribution is 5.89. The largest absolute Gasteiger partial charge is 0.484 e. The normalized spacial score (nSPS) is 12.0. The van der Waals surface area contributed by atoms with Crippen LogP contribution in [0, 0.1) is 13.8 Å². The van der Waals surface area contributed by atoms with Gasteiger partial charge in [-0.3, -0.25) is 9.59 Å². The molecular formula is C30H36N2O3. The molecule has 35 heavy (non-hydrogen) atoms. The van der Waals surface area contributed by atoms with Gasteiger partial charge in [-0.1, -0.05) is 72.8 Å². The van der Waals surface area contributed by atoms with Crippen LogP contribution in [0.3, 0.4) is 0 Å². The smallest absolute Gasteiger partial charge is 0.261 e. The summed E-state index contributed by atoms with van der Waals surface area (Å²) in [5.74, 6) is 0.246. The van der Waals surface area contributed by atoms with Crippen LogP contribution in [0.15, 0.2) is 78.9 Å². The molecule has 1 unspecified atom stereocenters. The van der Waals surface area contributed by atoms with Crippen molar-refractivity contribution in [3.05, 3.63) is 101 Å². The minimum absolute atomic E-state index is 0.148. The molecule has 2 amide bonds. The molecule has 0 radical (unpaired) electrons. The zero-order chi connectivity index (χ0) is 25.4. The fourth-order valence-electron chi connectivity index (χ4n) is 3.92. The summed E-state index contributed by atoms with van der Waals surface area (Å²) in [6, 6.07) is 24.7. The predicted molar refractivity (Wildman–Crippen MR) is 140 cm³/mol. The van der Waals surface area contributed by atoms with E-state index in [0.717, 1.165) is 22.3 Å². The van der Waals surface area contributed by atoms with Crippen LogP contribution in [0.5, 0.6) is 5.75 Å². The third-order valence-electron chi connectivity index (χ3n) is 5.82. The van der Waals surface area contributed by atoms with Crippen molar-refractivity contribution in [1.82, 2.24) is 10.2 Å². The zero-order valence-electron chi connectivity index (χ0n) is 21.4. The van der Waals surface area contributed by atoms with Crippen molar-refractivity contribution in [3.63, 3.8) is 0 Å². The maximum Gasteiger partial charge on any atom is 0.261 e. The van der Waals surface area contributed by atoms with Crippen LogP contribution in [-0.2, 0) is 22.6 Å². The van der Waals surface area contributed by atoms with Crippen LogP contribution in [0.4, 0.5) is 0 Å². The molecule has 3 aromatic rings. The van der Waals surface area contributed by atoms with Crippen molar-refractivity contribution in [3.8, 4) is 5.75 Å². The van der Waals surface area contributed by atoms with E-state index in [1.807, 2.05) is 113 Å². The molecule has 5 heteroatoms. The summed E-state index contributed by atoms with van der Waals surface area (Å²) in [4.78, 5) is 28.9. The molecule has 184 valence electrons. The van der Waals surface area contributed by atoms with Crippen LogP contribution < -0.4 is 10.1 Å². The molecule has 0 aliphatic rings. The Morgan fingerprint density at radius 3 is 2.09 bits per heavy atom. The SMILES string of the molecule is Cc1ccccc1CN(C(=O)COc1ccccc1C)C(Cc1ccccc1)C(=O)NC(C)(C)C. The Balaban J connectivity index is 1.95. The molecular weight excluding hydrogens is 436 g/mol. The van der Waals surface area contributed by atoms with Crippen molar-refractivity contribution in [2.45, 2.75) is 59.2 Å². The molecule has 0 aromatic heterocycles. The Bertz CT molecular complexity index is 1140. The number of hydrogen-bond acceptors (Lipinski definition) is 3. The highest BCUT2D eigenvalue weighted by Gasteiger charge is 2.32. The Hall–Kier alpha value is -3.60. The number of benzene rings is 3. The van der Waals surface area contributed by atoms with Crippen LogP contribution in [-0.4, -0.2) is 34.9 Å². The van der Waals surface area contributed by atoms with Gasteiger partial charge >= 0.3 is 0 Å². The first-order chi connectivity index (χ1) is 16.6. The minimum atomic E-state index is -0.691. The summed E-state index contributed by atoms with van der Waals surface area (Å²) in [7, 11) is 0. The first-order valence-electron chi connectivity index (χ1n) is 12.0. The van der Waals surface area contributed by atoms with Crippen molar-refractivity contribution >= 4 is 11.8 Å². The fraction of sp³-hybridized carbons (Fsp3) is 0.333. The van der Waals surface area contributed by atoms with Gasteiger partial charge in [0.05, 0.1) is 0 Å². The number of nitrogens with one attached hydrogen (secondary N) is 1. The van der Waals surface area contributed by atoms with E-state index >= 15 is 0 Å². The lowest BCUT2D eigenvalue weighted by Crippen LogP contribution is -2.55. The van der Waals surface area contributed by atoms with E-state index in [0.29, 0.717) is 18.7 Å². The van der Waals surface area contributed by atoms with Gasteiger partial charge in [0.2, 0.25) is 5.91 Å². The molecule has 0 spiro atoms. The summed E-state index contributed by atoms with van der Waals surface area (Å²) in [6.45, 7) is 9.96. The highest BCUT2D eigenvalue weighted by atomic mass is 16.5. The molecule has 0 fully saturated rings. The number of carbonyl (C=O) groups excluding carboxylic acids is 2. The second kappa shape index (κ2) is 11.7. The molecule has 0 aliphatic heterocycles. The van der Waals surface area contributed by atoms with Crippen LogP contribution in [0.1, 0.15) is 43.0 Å². The van der Waals surface area contributed by atoms with Gasteiger partial charge < -0.3 is 15.0 Å². The van der Waals surface area contributed by atoms with Crippen molar-refractivity contribution in [2.24, 2.45) is 0 Å². The summed E-state index contributed by atoms with van der Waals surface area (Å²) >= 11 is 0. The van der Waals surface area contributed by atoms with Gasteiger partial charge in [-0.25, -0.2) is 0 Å². The van der Waals surface area contributed by atoms with Gasteiger partial charge in [0.25, 0.3) is 5.91 Å². The second-order valence-corrected chi connectivity index (χ2v) is 9.95. The Labute approximate surface area is 209 Å². The van der Waals surface area contributed by atoms with E-state index in [9.17, 15) is 9.59 Å². The van der Waals surface area contributed by atoms with Gasteiger partial charge in [0, 0.05) is 18.5 Å². The Kier molecular flexibility index (Phi) is 8.69. The molecule has 1 atom stereocenters. The number of carbonyl (C=O) groups is 2. The van der Waals surface area contributed by atoms with Crippen molar-refractivity contribution in [1.29, 1.82) is 0 Å². The third-order valence-corrected chi connectivity index (χ3v) is 5.82. The average Bonchev–Trinajstić information content (AvgIpc) is 2.81. The molecule has 3 aromatic carbocycles. The maximum absolute atomic E-state index is 13.7. The van der Waals surface area contributed by atoms with E-state index in [1.165, 1.54) is 0 Å². The monoisotopic (exact) mass is 472 g/mol. The average molecular weight is 473 g/mol. The third kappa shape index (κ3) is 7.71. The number of hydrogen-bond donors (Lipinski definition) is 1. The molecule has 0 bridgehead atoms.